The maximum Gasteiger partial charge on any atom is 0.135 e. The molecule has 2 heteroatoms. The number of rotatable bonds is 5. The van der Waals surface area contributed by atoms with E-state index in [1.165, 1.54) is 0 Å². The molecule has 0 bridgehead atoms. The largest absolute Gasteiger partial charge is 0.490 e. The summed E-state index contributed by atoms with van der Waals surface area (Å²) in [6.45, 7) is 4.59. The summed E-state index contributed by atoms with van der Waals surface area (Å²) in [5.74, 6) is 3.24. The summed E-state index contributed by atoms with van der Waals surface area (Å²) >= 11 is 0. The van der Waals surface area contributed by atoms with Crippen molar-refractivity contribution in [1.29, 1.82) is 0 Å². The van der Waals surface area contributed by atoms with E-state index in [1.54, 1.807) is 7.11 Å². The van der Waals surface area contributed by atoms with E-state index in [9.17, 15) is 0 Å². The smallest absolute Gasteiger partial charge is 0.135 e. The lowest BCUT2D eigenvalue weighted by Gasteiger charge is -2.09. The van der Waals surface area contributed by atoms with Crippen LogP contribution in [0.5, 0.6) is 5.75 Å². The summed E-state index contributed by atoms with van der Waals surface area (Å²) in [6, 6.07) is 5.54. The Morgan fingerprint density at radius 1 is 1.40 bits per heavy atom. The molecule has 0 aliphatic heterocycles. The molecule has 1 aromatic rings. The molecule has 0 amide bonds. The van der Waals surface area contributed by atoms with Gasteiger partial charge in [-0.3, -0.25) is 0 Å². The van der Waals surface area contributed by atoms with E-state index in [2.05, 4.69) is 18.6 Å². The summed E-state index contributed by atoms with van der Waals surface area (Å²) in [5, 5.41) is 0. The van der Waals surface area contributed by atoms with Gasteiger partial charge in [-0.05, 0) is 12.1 Å². The zero-order chi connectivity index (χ0) is 11.1. The fourth-order valence-electron chi connectivity index (χ4n) is 1.18. The van der Waals surface area contributed by atoms with Crippen LogP contribution in [0, 0.1) is 18.4 Å². The highest BCUT2D eigenvalue weighted by Gasteiger charge is 2.04. The fourth-order valence-corrected chi connectivity index (χ4v) is 1.18. The minimum absolute atomic E-state index is 0.478. The third kappa shape index (κ3) is 2.87. The molecule has 1 aromatic carbocycles. The number of ether oxygens (including phenoxy) is 2. The molecule has 0 aromatic heterocycles. The van der Waals surface area contributed by atoms with Gasteiger partial charge in [-0.2, -0.15) is 0 Å². The molecule has 77 valence electrons. The summed E-state index contributed by atoms with van der Waals surface area (Å²) in [5.41, 5.74) is 1.47. The van der Waals surface area contributed by atoms with Gasteiger partial charge >= 0.3 is 0 Å². The highest BCUT2D eigenvalue weighted by molar-refractivity contribution is 5.52. The van der Waals surface area contributed by atoms with Crippen LogP contribution in [0.4, 0.5) is 0 Å². The molecule has 0 atom stereocenters. The van der Waals surface area contributed by atoms with Gasteiger partial charge in [-0.1, -0.05) is 24.6 Å². The first kappa shape index (κ1) is 11.4. The molecule has 1 rings (SSSR count). The molecule has 0 spiro atoms. The van der Waals surface area contributed by atoms with Gasteiger partial charge in [0.15, 0.2) is 0 Å². The van der Waals surface area contributed by atoms with Crippen molar-refractivity contribution in [2.24, 2.45) is 0 Å². The molecule has 1 radical (unpaired) electrons. The normalized spacial score (nSPS) is 9.33. The first-order valence-electron chi connectivity index (χ1n) is 4.58. The lowest BCUT2D eigenvalue weighted by atomic mass is 10.1. The van der Waals surface area contributed by atoms with Crippen LogP contribution in [0.2, 0.25) is 0 Å². The predicted molar refractivity (Wildman–Crippen MR) is 59.7 cm³/mol. The third-order valence-corrected chi connectivity index (χ3v) is 1.91. The highest BCUT2D eigenvalue weighted by atomic mass is 16.5. The van der Waals surface area contributed by atoms with Crippen molar-refractivity contribution >= 4 is 0 Å². The van der Waals surface area contributed by atoms with Gasteiger partial charge in [0.1, 0.15) is 12.4 Å². The standard InChI is InChI=1S/C13H13O2/c1-4-11-7-6-8-13(12(11)5-2)15-10-9-14-3/h2,6-8H,1,9-10H2,3H3. The van der Waals surface area contributed by atoms with E-state index in [4.69, 9.17) is 15.9 Å². The quantitative estimate of drug-likeness (QED) is 0.536. The molecule has 0 N–H and O–H groups in total. The number of benzene rings is 1. The Morgan fingerprint density at radius 2 is 2.20 bits per heavy atom. The van der Waals surface area contributed by atoms with E-state index in [0.717, 1.165) is 5.56 Å². The van der Waals surface area contributed by atoms with Crippen LogP contribution in [0.25, 0.3) is 0 Å². The average molecular weight is 201 g/mol. The first-order chi connectivity index (χ1) is 7.33. The van der Waals surface area contributed by atoms with Crippen molar-refractivity contribution in [3.63, 3.8) is 0 Å². The molecular weight excluding hydrogens is 188 g/mol. The third-order valence-electron chi connectivity index (χ3n) is 1.91. The molecule has 0 heterocycles. The van der Waals surface area contributed by atoms with E-state index < -0.39 is 0 Å². The summed E-state index contributed by atoms with van der Waals surface area (Å²) < 4.78 is 10.4. The number of hydrogen-bond donors (Lipinski definition) is 0. The second-order valence-corrected chi connectivity index (χ2v) is 2.84. The second-order valence-electron chi connectivity index (χ2n) is 2.84. The average Bonchev–Trinajstić information content (AvgIpc) is 2.29. The van der Waals surface area contributed by atoms with Crippen LogP contribution in [-0.2, 0) is 4.74 Å². The summed E-state index contributed by atoms with van der Waals surface area (Å²) in [6.07, 6.45) is 8.18. The van der Waals surface area contributed by atoms with Gasteiger partial charge in [0, 0.05) is 12.7 Å². The lowest BCUT2D eigenvalue weighted by Crippen LogP contribution is -2.05. The number of hydrogen-bond acceptors (Lipinski definition) is 2. The molecule has 0 saturated heterocycles. The van der Waals surface area contributed by atoms with Crippen LogP contribution in [0.3, 0.4) is 0 Å². The van der Waals surface area contributed by atoms with E-state index in [-0.39, 0.29) is 0 Å². The number of methoxy groups -OCH3 is 1. The van der Waals surface area contributed by atoms with Crippen LogP contribution in [-0.4, -0.2) is 20.3 Å². The number of terminal acetylenes is 1. The minimum atomic E-state index is 0.478. The van der Waals surface area contributed by atoms with E-state index >= 15 is 0 Å². The highest BCUT2D eigenvalue weighted by Crippen LogP contribution is 2.21. The molecule has 2 nitrogen and oxygen atoms in total. The zero-order valence-corrected chi connectivity index (χ0v) is 8.75. The Balaban J connectivity index is 2.87. The molecule has 0 unspecified atom stereocenters. The van der Waals surface area contributed by atoms with Crippen molar-refractivity contribution in [2.75, 3.05) is 20.3 Å². The fraction of sp³-hybridized carbons (Fsp3) is 0.231. The van der Waals surface area contributed by atoms with Crippen molar-refractivity contribution in [1.82, 2.24) is 0 Å². The Hall–Kier alpha value is -1.72. The Kier molecular flexibility index (Phi) is 4.46. The Morgan fingerprint density at radius 3 is 2.80 bits per heavy atom. The van der Waals surface area contributed by atoms with E-state index in [1.807, 2.05) is 18.2 Å². The maximum absolute atomic E-state index is 5.48. The van der Waals surface area contributed by atoms with Crippen molar-refractivity contribution in [2.45, 2.75) is 0 Å². The summed E-state index contributed by atoms with van der Waals surface area (Å²) in [4.78, 5) is 0. The first-order valence-corrected chi connectivity index (χ1v) is 4.58. The van der Waals surface area contributed by atoms with Crippen LogP contribution in [0.15, 0.2) is 24.8 Å². The molecule has 0 aliphatic carbocycles. The van der Waals surface area contributed by atoms with E-state index in [0.29, 0.717) is 24.5 Å². The molecule has 15 heavy (non-hydrogen) atoms. The van der Waals surface area contributed by atoms with Crippen LogP contribution < -0.4 is 4.74 Å². The second kappa shape index (κ2) is 5.90. The van der Waals surface area contributed by atoms with Gasteiger partial charge in [0.2, 0.25) is 0 Å². The molecule has 0 aliphatic rings. The maximum atomic E-state index is 5.48. The van der Waals surface area contributed by atoms with Gasteiger partial charge < -0.3 is 9.47 Å². The molecule has 0 fully saturated rings. The molecular formula is C13H13O2. The van der Waals surface area contributed by atoms with Gasteiger partial charge in [-0.25, -0.2) is 0 Å². The molecule has 0 saturated carbocycles. The predicted octanol–water partition coefficient (Wildman–Crippen LogP) is 2.03. The monoisotopic (exact) mass is 201 g/mol. The van der Waals surface area contributed by atoms with Gasteiger partial charge in [0.05, 0.1) is 12.2 Å². The SMILES string of the molecule is C#Cc1c([C]=C)cccc1OCCOC. The van der Waals surface area contributed by atoms with Crippen molar-refractivity contribution in [3.8, 4) is 18.1 Å². The lowest BCUT2D eigenvalue weighted by molar-refractivity contribution is 0.146. The summed E-state index contributed by atoms with van der Waals surface area (Å²) in [7, 11) is 1.62. The van der Waals surface area contributed by atoms with Crippen LogP contribution in [0.1, 0.15) is 11.1 Å². The van der Waals surface area contributed by atoms with Gasteiger partial charge in [-0.15, -0.1) is 6.42 Å². The van der Waals surface area contributed by atoms with Crippen molar-refractivity contribution in [3.05, 3.63) is 42.0 Å². The van der Waals surface area contributed by atoms with Crippen molar-refractivity contribution < 1.29 is 9.47 Å². The zero-order valence-electron chi connectivity index (χ0n) is 8.75. The van der Waals surface area contributed by atoms with Gasteiger partial charge in [0.25, 0.3) is 0 Å². The minimum Gasteiger partial charge on any atom is -0.490 e. The Labute approximate surface area is 90.5 Å². The topological polar surface area (TPSA) is 18.5 Å². The van der Waals surface area contributed by atoms with Crippen LogP contribution >= 0.6 is 0 Å². The Bertz CT molecular complexity index is 375.